The fourth-order valence-corrected chi connectivity index (χ4v) is 24.7. The zero-order valence-corrected chi connectivity index (χ0v) is 19.8. The Balaban J connectivity index is 5.41. The summed E-state index contributed by atoms with van der Waals surface area (Å²) in [5.74, 6) is 0. The van der Waals surface area contributed by atoms with Crippen molar-refractivity contribution < 1.29 is 7.43 Å². The zero-order chi connectivity index (χ0) is 17.2. The van der Waals surface area contributed by atoms with Gasteiger partial charge >= 0.3 is 144 Å². The Labute approximate surface area is 144 Å². The van der Waals surface area contributed by atoms with E-state index in [1.807, 2.05) is 37.5 Å². The van der Waals surface area contributed by atoms with Gasteiger partial charge in [-0.25, -0.2) is 0 Å². The second-order valence-electron chi connectivity index (χ2n) is 6.77. The van der Waals surface area contributed by atoms with E-state index < -0.39 is 26.5 Å². The Morgan fingerprint density at radius 1 is 0.773 bits per heavy atom. The van der Waals surface area contributed by atoms with Gasteiger partial charge in [0, 0.05) is 0 Å². The van der Waals surface area contributed by atoms with E-state index in [1.54, 1.807) is 0 Å². The van der Waals surface area contributed by atoms with E-state index in [0.29, 0.717) is 0 Å². The van der Waals surface area contributed by atoms with Crippen LogP contribution in [0.2, 0.25) is 13.3 Å². The van der Waals surface area contributed by atoms with E-state index in [0.717, 1.165) is 0 Å². The van der Waals surface area contributed by atoms with Crippen LogP contribution in [0, 0.1) is 0 Å². The second-order valence-corrected chi connectivity index (χ2v) is 22.1. The molecule has 22 heavy (non-hydrogen) atoms. The van der Waals surface area contributed by atoms with Gasteiger partial charge in [0.05, 0.1) is 0 Å². The van der Waals surface area contributed by atoms with Crippen LogP contribution in [-0.2, 0) is 7.43 Å². The van der Waals surface area contributed by atoms with E-state index in [9.17, 15) is 4.57 Å². The van der Waals surface area contributed by atoms with Crippen LogP contribution >= 0.6 is 7.67 Å². The molecule has 0 fully saturated rings. The fraction of sp³-hybridized carbons (Fsp3) is 1.00. The van der Waals surface area contributed by atoms with Gasteiger partial charge in [0.2, 0.25) is 0 Å². The standard InChI is InChI=1S/C4H13N2O2P.3C4H9.Sn/c1-5(2)9(7,8)6(3)4;3*1-3-4-2;/h1-4H3,(H,7,8);3*1,3-4H2,2H3;/q;;;;+1/p-1. The van der Waals surface area contributed by atoms with Crippen LogP contribution in [0.1, 0.15) is 59.3 Å². The minimum atomic E-state index is -2.85. The first-order valence-electron chi connectivity index (χ1n) is 8.94. The average molecular weight is 441 g/mol. The third-order valence-electron chi connectivity index (χ3n) is 4.28. The fourth-order valence-electron chi connectivity index (χ4n) is 2.78. The number of rotatable bonds is 13. The second kappa shape index (κ2) is 11.5. The summed E-state index contributed by atoms with van der Waals surface area (Å²) in [4.78, 5) is 0. The molecular weight excluding hydrogens is 402 g/mol. The molecule has 0 aliphatic rings. The van der Waals surface area contributed by atoms with E-state index >= 15 is 0 Å². The molecule has 0 aliphatic carbocycles. The van der Waals surface area contributed by atoms with E-state index in [4.69, 9.17) is 2.86 Å². The van der Waals surface area contributed by atoms with Crippen molar-refractivity contribution in [1.29, 1.82) is 0 Å². The topological polar surface area (TPSA) is 32.8 Å². The molecule has 0 aromatic rings. The van der Waals surface area contributed by atoms with Gasteiger partial charge in [0.25, 0.3) is 0 Å². The SMILES string of the molecule is CCC[CH2][Sn]([CH2]CCC)([CH2]CCC)[O]P(=O)(N(C)C)N(C)C. The molecule has 0 N–H and O–H groups in total. The van der Waals surface area contributed by atoms with Crippen LogP contribution < -0.4 is 0 Å². The molecule has 0 saturated carbocycles. The third-order valence-corrected chi connectivity index (χ3v) is 23.1. The van der Waals surface area contributed by atoms with Gasteiger partial charge < -0.3 is 0 Å². The summed E-state index contributed by atoms with van der Waals surface area (Å²) in [6.45, 7) is 6.73. The maximum atomic E-state index is 13.4. The summed E-state index contributed by atoms with van der Waals surface area (Å²) in [6.07, 6.45) is 7.29. The quantitative estimate of drug-likeness (QED) is 0.276. The first-order valence-corrected chi connectivity index (χ1v) is 17.7. The zero-order valence-electron chi connectivity index (χ0n) is 16.0. The summed E-state index contributed by atoms with van der Waals surface area (Å²) < 4.78 is 27.3. The maximum absolute atomic E-state index is 13.4. The van der Waals surface area contributed by atoms with Gasteiger partial charge in [-0.2, -0.15) is 0 Å². The van der Waals surface area contributed by atoms with Gasteiger partial charge in [-0.15, -0.1) is 0 Å². The van der Waals surface area contributed by atoms with Crippen LogP contribution in [-0.4, -0.2) is 56.3 Å². The molecule has 0 aromatic carbocycles. The Kier molecular flexibility index (Phi) is 11.9. The molecule has 0 heterocycles. The van der Waals surface area contributed by atoms with Crippen LogP contribution in [0.5, 0.6) is 0 Å². The Morgan fingerprint density at radius 3 is 1.32 bits per heavy atom. The molecule has 0 aromatic heterocycles. The molecule has 0 amide bonds. The third kappa shape index (κ3) is 7.21. The van der Waals surface area contributed by atoms with E-state index in [-0.39, 0.29) is 0 Å². The summed E-state index contributed by atoms with van der Waals surface area (Å²) in [5.41, 5.74) is 0. The minimum absolute atomic E-state index is 1.20. The molecule has 0 unspecified atom stereocenters. The van der Waals surface area contributed by atoms with Crippen LogP contribution in [0.4, 0.5) is 0 Å². The first-order chi connectivity index (χ1) is 10.3. The molecule has 0 atom stereocenters. The van der Waals surface area contributed by atoms with Crippen molar-refractivity contribution in [2.24, 2.45) is 0 Å². The van der Waals surface area contributed by atoms with Crippen molar-refractivity contribution in [3.63, 3.8) is 0 Å². The van der Waals surface area contributed by atoms with Crippen molar-refractivity contribution in [3.8, 4) is 0 Å². The number of unbranched alkanes of at least 4 members (excludes halogenated alkanes) is 3. The molecule has 0 radical (unpaired) electrons. The predicted molar refractivity (Wildman–Crippen MR) is 101 cm³/mol. The normalized spacial score (nSPS) is 13.3. The molecule has 0 bridgehead atoms. The molecule has 0 spiro atoms. The average Bonchev–Trinajstić information content (AvgIpc) is 2.48. The summed E-state index contributed by atoms with van der Waals surface area (Å²) in [7, 11) is 4.70. The summed E-state index contributed by atoms with van der Waals surface area (Å²) in [5, 5.41) is 0. The van der Waals surface area contributed by atoms with Crippen molar-refractivity contribution in [2.75, 3.05) is 28.2 Å². The van der Waals surface area contributed by atoms with Crippen molar-refractivity contribution in [1.82, 2.24) is 9.34 Å². The van der Waals surface area contributed by atoms with Crippen molar-refractivity contribution in [3.05, 3.63) is 0 Å². The Bertz CT molecular complexity index is 304. The number of nitrogens with zero attached hydrogens (tertiary/aromatic N) is 2. The number of hydrogen-bond donors (Lipinski definition) is 0. The number of hydrogen-bond acceptors (Lipinski definition) is 2. The molecule has 134 valence electrons. The van der Waals surface area contributed by atoms with Crippen LogP contribution in [0.3, 0.4) is 0 Å². The van der Waals surface area contributed by atoms with E-state index in [1.165, 1.54) is 51.8 Å². The van der Waals surface area contributed by atoms with Gasteiger partial charge in [-0.1, -0.05) is 0 Å². The molecule has 0 rings (SSSR count). The molecule has 0 saturated heterocycles. The summed E-state index contributed by atoms with van der Waals surface area (Å²) in [6, 6.07) is 0. The monoisotopic (exact) mass is 442 g/mol. The van der Waals surface area contributed by atoms with Crippen molar-refractivity contribution >= 4 is 26.5 Å². The Hall–Kier alpha value is 0.909. The molecule has 4 nitrogen and oxygen atoms in total. The molecule has 0 aliphatic heterocycles. The first kappa shape index (κ1) is 22.9. The molecule has 6 heteroatoms. The van der Waals surface area contributed by atoms with Gasteiger partial charge in [-0.05, 0) is 0 Å². The van der Waals surface area contributed by atoms with Crippen molar-refractivity contribution in [2.45, 2.75) is 72.6 Å². The van der Waals surface area contributed by atoms with Crippen LogP contribution in [0.15, 0.2) is 0 Å². The van der Waals surface area contributed by atoms with Gasteiger partial charge in [0.1, 0.15) is 0 Å². The van der Waals surface area contributed by atoms with Gasteiger partial charge in [-0.3, -0.25) is 0 Å². The predicted octanol–water partition coefficient (Wildman–Crippen LogP) is 5.58. The Morgan fingerprint density at radius 2 is 1.09 bits per heavy atom. The van der Waals surface area contributed by atoms with E-state index in [2.05, 4.69) is 20.8 Å². The van der Waals surface area contributed by atoms with Crippen LogP contribution in [0.25, 0.3) is 0 Å². The molecular formula is C16H39N2O2PSn. The summed E-state index contributed by atoms with van der Waals surface area (Å²) >= 11 is -2.85. The van der Waals surface area contributed by atoms with Gasteiger partial charge in [0.15, 0.2) is 0 Å².